The minimum Gasteiger partial charge on any atom is -0.478 e. The molecule has 72 valence electrons. The smallest absolute Gasteiger partial charge is 0.338 e. The number of hydrogen-bond acceptors (Lipinski definition) is 3. The van der Waals surface area contributed by atoms with Crippen LogP contribution in [-0.4, -0.2) is 15.4 Å². The Hall–Kier alpha value is -1.68. The van der Waals surface area contributed by atoms with Crippen molar-refractivity contribution in [3.63, 3.8) is 0 Å². The average molecular weight is 207 g/mol. The summed E-state index contributed by atoms with van der Waals surface area (Å²) in [7, 11) is 0. The van der Waals surface area contributed by atoms with E-state index in [9.17, 15) is 4.79 Å². The molecule has 0 aromatic carbocycles. The fourth-order valence-corrected chi connectivity index (χ4v) is 1.72. The Morgan fingerprint density at radius 2 is 2.29 bits per heavy atom. The molecule has 0 aliphatic heterocycles. The van der Waals surface area contributed by atoms with Gasteiger partial charge in [0.2, 0.25) is 0 Å². The summed E-state index contributed by atoms with van der Waals surface area (Å²) in [6.45, 7) is 7.15. The molecule has 0 bridgehead atoms. The molecule has 0 spiro atoms. The van der Waals surface area contributed by atoms with Crippen molar-refractivity contribution in [3.05, 3.63) is 48.0 Å². The number of aromatic carboxylic acids is 1. The van der Waals surface area contributed by atoms with Gasteiger partial charge in [0, 0.05) is 0 Å². The van der Waals surface area contributed by atoms with E-state index in [0.717, 1.165) is 17.1 Å². The largest absolute Gasteiger partial charge is 0.478 e. The summed E-state index contributed by atoms with van der Waals surface area (Å²) in [5.74, 6) is -0.981. The van der Waals surface area contributed by atoms with Crippen LogP contribution in [0.5, 0.6) is 0 Å². The van der Waals surface area contributed by atoms with Gasteiger partial charge in [0.15, 0.2) is 0 Å². The number of rotatable bonds is 4. The highest BCUT2D eigenvalue weighted by molar-refractivity contribution is 7.07. The van der Waals surface area contributed by atoms with Crippen molar-refractivity contribution in [2.75, 3.05) is 0 Å². The lowest BCUT2D eigenvalue weighted by Crippen LogP contribution is -1.96. The maximum Gasteiger partial charge on any atom is 0.338 e. The van der Waals surface area contributed by atoms with E-state index in [2.05, 4.69) is 17.5 Å². The first kappa shape index (κ1) is 10.4. The molecule has 1 heterocycles. The SMILES string of the molecule is C=C/C=C(\C=C)c1sncc1C(=O)O. The average Bonchev–Trinajstić information content (AvgIpc) is 2.62. The van der Waals surface area contributed by atoms with Crippen LogP contribution >= 0.6 is 11.5 Å². The Bertz CT molecular complexity index is 404. The molecular weight excluding hydrogens is 198 g/mol. The van der Waals surface area contributed by atoms with Crippen molar-refractivity contribution in [3.8, 4) is 0 Å². The number of carboxylic acids is 1. The molecule has 4 heteroatoms. The van der Waals surface area contributed by atoms with Gasteiger partial charge in [-0.3, -0.25) is 0 Å². The molecule has 1 rings (SSSR count). The lowest BCUT2D eigenvalue weighted by Gasteiger charge is -1.97. The summed E-state index contributed by atoms with van der Waals surface area (Å²) in [6.07, 6.45) is 6.21. The van der Waals surface area contributed by atoms with Gasteiger partial charge in [-0.05, 0) is 17.1 Å². The van der Waals surface area contributed by atoms with Crippen molar-refractivity contribution >= 4 is 23.1 Å². The maximum absolute atomic E-state index is 10.8. The number of allylic oxidation sites excluding steroid dienone is 4. The zero-order chi connectivity index (χ0) is 10.6. The predicted molar refractivity (Wildman–Crippen MR) is 57.4 cm³/mol. The van der Waals surface area contributed by atoms with Gasteiger partial charge >= 0.3 is 5.97 Å². The maximum atomic E-state index is 10.8. The van der Waals surface area contributed by atoms with Crippen molar-refractivity contribution in [2.24, 2.45) is 0 Å². The van der Waals surface area contributed by atoms with E-state index in [1.807, 2.05) is 0 Å². The number of aromatic nitrogens is 1. The Morgan fingerprint density at radius 1 is 1.57 bits per heavy atom. The van der Waals surface area contributed by atoms with Crippen LogP contribution in [0.1, 0.15) is 15.2 Å². The van der Waals surface area contributed by atoms with Crippen LogP contribution in [0.4, 0.5) is 0 Å². The first-order valence-electron chi connectivity index (χ1n) is 3.84. The molecule has 0 saturated carbocycles. The highest BCUT2D eigenvalue weighted by Crippen LogP contribution is 2.24. The number of carboxylic acid groups (broad SMARTS) is 1. The fraction of sp³-hybridized carbons (Fsp3) is 0. The summed E-state index contributed by atoms with van der Waals surface area (Å²) < 4.78 is 3.83. The highest BCUT2D eigenvalue weighted by atomic mass is 32.1. The van der Waals surface area contributed by atoms with Gasteiger partial charge in [0.1, 0.15) is 0 Å². The molecule has 0 radical (unpaired) electrons. The highest BCUT2D eigenvalue weighted by Gasteiger charge is 2.14. The van der Waals surface area contributed by atoms with Gasteiger partial charge < -0.3 is 5.11 Å². The first-order valence-corrected chi connectivity index (χ1v) is 4.61. The molecule has 1 aromatic heterocycles. The van der Waals surface area contributed by atoms with Gasteiger partial charge in [-0.25, -0.2) is 4.79 Å². The minimum atomic E-state index is -0.981. The fourth-order valence-electron chi connectivity index (χ4n) is 0.964. The quantitative estimate of drug-likeness (QED) is 0.772. The van der Waals surface area contributed by atoms with Gasteiger partial charge in [-0.15, -0.1) is 0 Å². The Labute approximate surface area is 85.9 Å². The minimum absolute atomic E-state index is 0.197. The van der Waals surface area contributed by atoms with E-state index in [4.69, 9.17) is 5.11 Å². The van der Waals surface area contributed by atoms with E-state index in [1.54, 1.807) is 18.2 Å². The Kier molecular flexibility index (Phi) is 3.36. The van der Waals surface area contributed by atoms with Gasteiger partial charge in [-0.1, -0.05) is 31.4 Å². The summed E-state index contributed by atoms with van der Waals surface area (Å²) in [5, 5.41) is 8.85. The van der Waals surface area contributed by atoms with Crippen LogP contribution < -0.4 is 0 Å². The zero-order valence-electron chi connectivity index (χ0n) is 7.43. The zero-order valence-corrected chi connectivity index (χ0v) is 8.25. The van der Waals surface area contributed by atoms with Crippen LogP contribution in [0, 0.1) is 0 Å². The van der Waals surface area contributed by atoms with Crippen LogP contribution in [0.15, 0.2) is 37.6 Å². The molecule has 1 aromatic rings. The molecule has 0 aliphatic carbocycles. The molecule has 1 N–H and O–H groups in total. The van der Waals surface area contributed by atoms with E-state index in [0.29, 0.717) is 4.88 Å². The van der Waals surface area contributed by atoms with Gasteiger partial charge in [0.05, 0.1) is 16.6 Å². The van der Waals surface area contributed by atoms with E-state index in [-0.39, 0.29) is 5.56 Å². The third kappa shape index (κ3) is 1.97. The Morgan fingerprint density at radius 3 is 2.79 bits per heavy atom. The van der Waals surface area contributed by atoms with Crippen molar-refractivity contribution in [1.82, 2.24) is 4.37 Å². The molecule has 0 atom stereocenters. The molecule has 0 saturated heterocycles. The first-order chi connectivity index (χ1) is 6.70. The molecule has 0 fully saturated rings. The second-order valence-electron chi connectivity index (χ2n) is 2.44. The van der Waals surface area contributed by atoms with Crippen LogP contribution in [0.2, 0.25) is 0 Å². The van der Waals surface area contributed by atoms with E-state index >= 15 is 0 Å². The summed E-state index contributed by atoms with van der Waals surface area (Å²) >= 11 is 1.13. The van der Waals surface area contributed by atoms with E-state index < -0.39 is 5.97 Å². The van der Waals surface area contributed by atoms with Crippen molar-refractivity contribution in [1.29, 1.82) is 0 Å². The molecule has 14 heavy (non-hydrogen) atoms. The lowest BCUT2D eigenvalue weighted by molar-refractivity contribution is 0.0697. The van der Waals surface area contributed by atoms with Crippen LogP contribution in [0.25, 0.3) is 5.57 Å². The standard InChI is InChI=1S/C10H9NO2S/c1-3-5-7(4-2)9-8(10(12)13)6-11-14-9/h3-6H,1-2H2,(H,12,13)/b7-5+. The van der Waals surface area contributed by atoms with Crippen molar-refractivity contribution < 1.29 is 9.90 Å². The topological polar surface area (TPSA) is 50.2 Å². The normalized spacial score (nSPS) is 11.0. The molecular formula is C10H9NO2S. The number of carbonyl (C=O) groups is 1. The number of nitrogens with zero attached hydrogens (tertiary/aromatic N) is 1. The molecule has 0 aliphatic rings. The van der Waals surface area contributed by atoms with Gasteiger partial charge in [0.25, 0.3) is 0 Å². The molecule has 0 amide bonds. The molecule has 3 nitrogen and oxygen atoms in total. The third-order valence-electron chi connectivity index (χ3n) is 1.58. The second kappa shape index (κ2) is 4.53. The third-order valence-corrected chi connectivity index (χ3v) is 2.43. The lowest BCUT2D eigenvalue weighted by atomic mass is 10.1. The monoisotopic (exact) mass is 207 g/mol. The summed E-state index contributed by atoms with van der Waals surface area (Å²) in [4.78, 5) is 11.4. The van der Waals surface area contributed by atoms with Crippen LogP contribution in [0.3, 0.4) is 0 Å². The van der Waals surface area contributed by atoms with Crippen LogP contribution in [-0.2, 0) is 0 Å². The second-order valence-corrected chi connectivity index (χ2v) is 3.24. The predicted octanol–water partition coefficient (Wildman–Crippen LogP) is 2.60. The number of hydrogen-bond donors (Lipinski definition) is 1. The Balaban J connectivity index is 3.23. The van der Waals surface area contributed by atoms with Crippen molar-refractivity contribution in [2.45, 2.75) is 0 Å². The summed E-state index contributed by atoms with van der Waals surface area (Å²) in [5.41, 5.74) is 0.919. The van der Waals surface area contributed by atoms with E-state index in [1.165, 1.54) is 6.20 Å². The molecule has 0 unspecified atom stereocenters. The summed E-state index contributed by atoms with van der Waals surface area (Å²) in [6, 6.07) is 0. The van der Waals surface area contributed by atoms with Gasteiger partial charge in [-0.2, -0.15) is 4.37 Å².